The predicted octanol–water partition coefficient (Wildman–Crippen LogP) is 4.85. The SMILES string of the molecule is O=C(NC1CCCCC1)[C@H](c1ccncc1)N(CCC1=CCCCC1)C(=O)C(F)(F)F. The first-order valence-electron chi connectivity index (χ1n) is 11.1. The van der Waals surface area contributed by atoms with Gasteiger partial charge in [0.25, 0.3) is 0 Å². The van der Waals surface area contributed by atoms with E-state index in [2.05, 4.69) is 10.3 Å². The smallest absolute Gasteiger partial charge is 0.351 e. The lowest BCUT2D eigenvalue weighted by Gasteiger charge is -2.34. The molecule has 1 heterocycles. The Morgan fingerprint density at radius 1 is 1.10 bits per heavy atom. The molecule has 0 radical (unpaired) electrons. The Morgan fingerprint density at radius 3 is 2.42 bits per heavy atom. The molecule has 0 aliphatic heterocycles. The Labute approximate surface area is 181 Å². The van der Waals surface area contributed by atoms with Gasteiger partial charge in [0.1, 0.15) is 6.04 Å². The molecule has 0 unspecified atom stereocenters. The number of allylic oxidation sites excluding steroid dienone is 1. The fourth-order valence-corrected chi connectivity index (χ4v) is 4.45. The maximum Gasteiger partial charge on any atom is 0.471 e. The first-order valence-corrected chi connectivity index (χ1v) is 11.1. The van der Waals surface area contributed by atoms with Crippen LogP contribution in [0.5, 0.6) is 0 Å². The number of alkyl halides is 3. The van der Waals surface area contributed by atoms with Gasteiger partial charge in [-0.3, -0.25) is 14.6 Å². The molecule has 2 aliphatic rings. The molecule has 2 amide bonds. The molecule has 5 nitrogen and oxygen atoms in total. The third kappa shape index (κ3) is 6.55. The topological polar surface area (TPSA) is 62.3 Å². The van der Waals surface area contributed by atoms with Crippen molar-refractivity contribution in [3.63, 3.8) is 0 Å². The van der Waals surface area contributed by atoms with Gasteiger partial charge in [-0.25, -0.2) is 0 Å². The van der Waals surface area contributed by atoms with E-state index in [1.165, 1.54) is 24.5 Å². The van der Waals surface area contributed by atoms with Gasteiger partial charge in [-0.05, 0) is 62.6 Å². The van der Waals surface area contributed by atoms with E-state index in [1.807, 2.05) is 6.08 Å². The van der Waals surface area contributed by atoms with E-state index in [4.69, 9.17) is 0 Å². The molecule has 31 heavy (non-hydrogen) atoms. The van der Waals surface area contributed by atoms with Gasteiger partial charge in [-0.2, -0.15) is 13.2 Å². The highest BCUT2D eigenvalue weighted by molar-refractivity contribution is 5.90. The van der Waals surface area contributed by atoms with Crippen LogP contribution in [0.1, 0.15) is 75.8 Å². The molecule has 170 valence electrons. The van der Waals surface area contributed by atoms with E-state index in [1.54, 1.807) is 0 Å². The minimum atomic E-state index is -5.06. The Morgan fingerprint density at radius 2 is 1.81 bits per heavy atom. The molecule has 0 spiro atoms. The van der Waals surface area contributed by atoms with Gasteiger partial charge >= 0.3 is 12.1 Å². The van der Waals surface area contributed by atoms with E-state index in [0.717, 1.165) is 63.4 Å². The third-order valence-electron chi connectivity index (χ3n) is 6.10. The van der Waals surface area contributed by atoms with Crippen molar-refractivity contribution in [2.75, 3.05) is 6.54 Å². The second-order valence-electron chi connectivity index (χ2n) is 8.38. The molecule has 8 heteroatoms. The quantitative estimate of drug-likeness (QED) is 0.620. The van der Waals surface area contributed by atoms with Gasteiger partial charge in [-0.1, -0.05) is 30.9 Å². The first-order chi connectivity index (χ1) is 14.9. The molecule has 1 atom stereocenters. The van der Waals surface area contributed by atoms with Crippen LogP contribution in [0.3, 0.4) is 0 Å². The summed E-state index contributed by atoms with van der Waals surface area (Å²) in [4.78, 5) is 30.3. The van der Waals surface area contributed by atoms with Crippen molar-refractivity contribution in [3.05, 3.63) is 41.7 Å². The molecule has 1 N–H and O–H groups in total. The molecular formula is C23H30F3N3O2. The summed E-state index contributed by atoms with van der Waals surface area (Å²) in [7, 11) is 0. The molecule has 1 fully saturated rings. The van der Waals surface area contributed by atoms with Crippen LogP contribution >= 0.6 is 0 Å². The van der Waals surface area contributed by atoms with Crippen molar-refractivity contribution >= 4 is 11.8 Å². The molecule has 0 bridgehead atoms. The number of hydrogen-bond acceptors (Lipinski definition) is 3. The summed E-state index contributed by atoms with van der Waals surface area (Å²) < 4.78 is 40.5. The summed E-state index contributed by atoms with van der Waals surface area (Å²) in [5.41, 5.74) is 1.38. The average molecular weight is 438 g/mol. The summed E-state index contributed by atoms with van der Waals surface area (Å²) in [6, 6.07) is 1.58. The van der Waals surface area contributed by atoms with Crippen LogP contribution in [-0.4, -0.2) is 40.5 Å². The van der Waals surface area contributed by atoms with Crippen molar-refractivity contribution in [2.24, 2.45) is 0 Å². The Kier molecular flexibility index (Phi) is 8.09. The number of amides is 2. The Hall–Kier alpha value is -2.38. The maximum atomic E-state index is 13.5. The van der Waals surface area contributed by atoms with Crippen molar-refractivity contribution < 1.29 is 22.8 Å². The monoisotopic (exact) mass is 437 g/mol. The molecule has 1 aromatic heterocycles. The highest BCUT2D eigenvalue weighted by Gasteiger charge is 2.46. The summed E-state index contributed by atoms with van der Waals surface area (Å²) in [6.45, 7) is -0.157. The Bertz CT molecular complexity index is 774. The third-order valence-corrected chi connectivity index (χ3v) is 6.10. The van der Waals surface area contributed by atoms with Crippen molar-refractivity contribution in [1.82, 2.24) is 15.2 Å². The van der Waals surface area contributed by atoms with Crippen LogP contribution in [0.15, 0.2) is 36.2 Å². The number of nitrogens with zero attached hydrogens (tertiary/aromatic N) is 2. The van der Waals surface area contributed by atoms with Gasteiger partial charge in [0.2, 0.25) is 5.91 Å². The van der Waals surface area contributed by atoms with E-state index in [-0.39, 0.29) is 12.6 Å². The van der Waals surface area contributed by atoms with Crippen LogP contribution in [0, 0.1) is 0 Å². The summed E-state index contributed by atoms with van der Waals surface area (Å²) in [6.07, 6.45) is 8.60. The molecule has 0 saturated heterocycles. The zero-order valence-corrected chi connectivity index (χ0v) is 17.7. The Balaban J connectivity index is 1.88. The molecule has 3 rings (SSSR count). The number of halogens is 3. The second-order valence-corrected chi connectivity index (χ2v) is 8.38. The van der Waals surface area contributed by atoms with Crippen LogP contribution < -0.4 is 5.32 Å². The van der Waals surface area contributed by atoms with Gasteiger partial charge in [0, 0.05) is 25.0 Å². The fraction of sp³-hybridized carbons (Fsp3) is 0.609. The zero-order valence-electron chi connectivity index (χ0n) is 17.7. The zero-order chi connectivity index (χ0) is 22.3. The lowest BCUT2D eigenvalue weighted by atomic mass is 9.94. The van der Waals surface area contributed by atoms with Crippen LogP contribution in [0.2, 0.25) is 0 Å². The van der Waals surface area contributed by atoms with Gasteiger partial charge in [-0.15, -0.1) is 0 Å². The standard InChI is InChI=1S/C23H30F3N3O2/c24-23(25,26)22(31)29(16-13-17-7-3-1-4-8-17)20(18-11-14-27-15-12-18)21(30)28-19-9-5-2-6-10-19/h7,11-12,14-15,19-20H,1-6,8-10,13,16H2,(H,28,30)/t20-/m0/s1. The second kappa shape index (κ2) is 10.8. The van der Waals surface area contributed by atoms with Gasteiger partial charge < -0.3 is 10.2 Å². The van der Waals surface area contributed by atoms with E-state index >= 15 is 0 Å². The van der Waals surface area contributed by atoms with E-state index < -0.39 is 24.0 Å². The summed E-state index contributed by atoms with van der Waals surface area (Å²) in [5.74, 6) is -2.54. The van der Waals surface area contributed by atoms with Crippen molar-refractivity contribution in [1.29, 1.82) is 0 Å². The minimum absolute atomic E-state index is 0.0746. The fourth-order valence-electron chi connectivity index (χ4n) is 4.45. The molecular weight excluding hydrogens is 407 g/mol. The van der Waals surface area contributed by atoms with Crippen LogP contribution in [0.25, 0.3) is 0 Å². The van der Waals surface area contributed by atoms with Gasteiger partial charge in [0.15, 0.2) is 0 Å². The molecule has 1 aromatic rings. The number of carbonyl (C=O) groups is 2. The highest BCUT2D eigenvalue weighted by atomic mass is 19.4. The summed E-state index contributed by atoms with van der Waals surface area (Å²) >= 11 is 0. The van der Waals surface area contributed by atoms with E-state index in [0.29, 0.717) is 16.9 Å². The van der Waals surface area contributed by atoms with Crippen molar-refractivity contribution in [2.45, 2.75) is 82.5 Å². The van der Waals surface area contributed by atoms with Crippen LogP contribution in [-0.2, 0) is 9.59 Å². The number of hydrogen-bond donors (Lipinski definition) is 1. The molecule has 0 aromatic carbocycles. The van der Waals surface area contributed by atoms with Crippen LogP contribution in [0.4, 0.5) is 13.2 Å². The lowest BCUT2D eigenvalue weighted by molar-refractivity contribution is -0.188. The molecule has 1 saturated carbocycles. The largest absolute Gasteiger partial charge is 0.471 e. The predicted molar refractivity (Wildman–Crippen MR) is 111 cm³/mol. The number of nitrogens with one attached hydrogen (secondary N) is 1. The lowest BCUT2D eigenvalue weighted by Crippen LogP contribution is -2.50. The number of rotatable bonds is 7. The van der Waals surface area contributed by atoms with E-state index in [9.17, 15) is 22.8 Å². The van der Waals surface area contributed by atoms with Crippen molar-refractivity contribution in [3.8, 4) is 0 Å². The van der Waals surface area contributed by atoms with Gasteiger partial charge in [0.05, 0.1) is 0 Å². The summed E-state index contributed by atoms with van der Waals surface area (Å²) in [5, 5.41) is 2.91. The first kappa shape index (κ1) is 23.3. The maximum absolute atomic E-state index is 13.5. The highest BCUT2D eigenvalue weighted by Crippen LogP contribution is 2.30. The average Bonchev–Trinajstić information content (AvgIpc) is 2.77. The number of pyridine rings is 1. The number of aromatic nitrogens is 1. The minimum Gasteiger partial charge on any atom is -0.351 e. The number of carbonyl (C=O) groups excluding carboxylic acids is 2. The normalized spacial score (nSPS) is 18.7. The molecule has 2 aliphatic carbocycles.